The monoisotopic (exact) mass is 373 g/mol. The number of methoxy groups -OCH3 is 1. The Hall–Kier alpha value is -2.21. The first-order valence-corrected chi connectivity index (χ1v) is 9.64. The van der Waals surface area contributed by atoms with Crippen molar-refractivity contribution in [3.63, 3.8) is 0 Å². The van der Waals surface area contributed by atoms with E-state index in [2.05, 4.69) is 10.2 Å². The fourth-order valence-corrected chi connectivity index (χ4v) is 2.88. The van der Waals surface area contributed by atoms with Crippen LogP contribution in [0.3, 0.4) is 0 Å². The molecule has 6 heteroatoms. The molecule has 1 fully saturated rings. The molecule has 1 aliphatic rings. The highest BCUT2D eigenvalue weighted by atomic mass is 16.5. The summed E-state index contributed by atoms with van der Waals surface area (Å²) in [5, 5.41) is 8.64. The Morgan fingerprint density at radius 3 is 2.70 bits per heavy atom. The summed E-state index contributed by atoms with van der Waals surface area (Å²) in [4.78, 5) is 14.0. The maximum Gasteiger partial charge on any atom is 0.229 e. The molecule has 1 aromatic rings. The van der Waals surface area contributed by atoms with Crippen LogP contribution in [-0.2, 0) is 9.53 Å². The Kier molecular flexibility index (Phi) is 8.45. The van der Waals surface area contributed by atoms with Crippen LogP contribution in [0, 0.1) is 5.92 Å². The number of benzene rings is 1. The number of ether oxygens (including phenoxy) is 2. The Labute approximate surface area is 162 Å². The molecule has 2 atom stereocenters. The number of carbonyl (C=O) groups excluding carboxylic acids is 1. The molecule has 1 aliphatic heterocycles. The number of hydrogen-bond acceptors (Lipinski definition) is 5. The molecule has 6 nitrogen and oxygen atoms in total. The number of azo groups is 1. The molecule has 0 bridgehead atoms. The van der Waals surface area contributed by atoms with Crippen molar-refractivity contribution >= 4 is 11.6 Å². The van der Waals surface area contributed by atoms with Crippen LogP contribution in [0.2, 0.25) is 0 Å². The third-order valence-electron chi connectivity index (χ3n) is 4.70. The van der Waals surface area contributed by atoms with Crippen LogP contribution in [0.1, 0.15) is 40.0 Å². The van der Waals surface area contributed by atoms with Gasteiger partial charge >= 0.3 is 0 Å². The van der Waals surface area contributed by atoms with Gasteiger partial charge in [0.15, 0.2) is 0 Å². The van der Waals surface area contributed by atoms with E-state index in [1.54, 1.807) is 7.11 Å². The van der Waals surface area contributed by atoms with E-state index in [-0.39, 0.29) is 17.9 Å². The van der Waals surface area contributed by atoms with Crippen molar-refractivity contribution in [1.29, 1.82) is 0 Å². The molecule has 0 spiro atoms. The van der Waals surface area contributed by atoms with E-state index in [9.17, 15) is 4.79 Å². The molecule has 0 N–H and O–H groups in total. The number of hydrogen-bond donors (Lipinski definition) is 0. The summed E-state index contributed by atoms with van der Waals surface area (Å²) in [5.41, 5.74) is 1.72. The Morgan fingerprint density at radius 2 is 2.11 bits per heavy atom. The van der Waals surface area contributed by atoms with Crippen molar-refractivity contribution in [1.82, 2.24) is 0 Å². The van der Waals surface area contributed by atoms with Gasteiger partial charge in [0.25, 0.3) is 0 Å². The molecule has 0 aromatic heterocycles. The second-order valence-corrected chi connectivity index (χ2v) is 6.94. The van der Waals surface area contributed by atoms with Crippen molar-refractivity contribution in [2.45, 2.75) is 46.1 Å². The van der Waals surface area contributed by atoms with Gasteiger partial charge in [0.2, 0.25) is 5.91 Å². The number of allylic oxidation sites excluding steroid dienone is 1. The highest BCUT2D eigenvalue weighted by molar-refractivity contribution is 5.96. The predicted octanol–water partition coefficient (Wildman–Crippen LogP) is 4.61. The van der Waals surface area contributed by atoms with Gasteiger partial charge in [0.05, 0.1) is 11.7 Å². The average Bonchev–Trinajstić information content (AvgIpc) is 3.01. The van der Waals surface area contributed by atoms with Crippen molar-refractivity contribution in [3.8, 4) is 5.75 Å². The number of rotatable bonds is 10. The molecular formula is C21H31N3O3. The van der Waals surface area contributed by atoms with Crippen LogP contribution in [-0.4, -0.2) is 38.8 Å². The molecule has 1 heterocycles. The fourth-order valence-electron chi connectivity index (χ4n) is 2.88. The molecule has 1 saturated heterocycles. The predicted molar refractivity (Wildman–Crippen MR) is 107 cm³/mol. The molecule has 0 radical (unpaired) electrons. The smallest absolute Gasteiger partial charge is 0.229 e. The van der Waals surface area contributed by atoms with Gasteiger partial charge in [-0.3, -0.25) is 4.79 Å². The molecular weight excluding hydrogens is 342 g/mol. The van der Waals surface area contributed by atoms with E-state index in [1.165, 1.54) is 0 Å². The number of carbonyl (C=O) groups is 1. The minimum absolute atomic E-state index is 0.112. The zero-order chi connectivity index (χ0) is 19.6. The minimum Gasteiger partial charge on any atom is -0.487 e. The Morgan fingerprint density at radius 1 is 1.37 bits per heavy atom. The van der Waals surface area contributed by atoms with Gasteiger partial charge in [-0.2, -0.15) is 10.2 Å². The number of nitrogens with zero attached hydrogens (tertiary/aromatic N) is 3. The summed E-state index contributed by atoms with van der Waals surface area (Å²) in [7, 11) is 1.71. The lowest BCUT2D eigenvalue weighted by atomic mass is 10.1. The lowest BCUT2D eigenvalue weighted by Gasteiger charge is -2.16. The molecule has 148 valence electrons. The van der Waals surface area contributed by atoms with E-state index in [4.69, 9.17) is 9.47 Å². The quantitative estimate of drug-likeness (QED) is 0.444. The molecule has 1 aromatic carbocycles. The first-order valence-electron chi connectivity index (χ1n) is 9.64. The maximum atomic E-state index is 12.1. The molecule has 0 aliphatic carbocycles. The highest BCUT2D eigenvalue weighted by Crippen LogP contribution is 2.26. The largest absolute Gasteiger partial charge is 0.487 e. The molecule has 2 rings (SSSR count). The van der Waals surface area contributed by atoms with Gasteiger partial charge < -0.3 is 14.4 Å². The Balaban J connectivity index is 1.83. The van der Waals surface area contributed by atoms with Crippen molar-refractivity contribution in [3.05, 3.63) is 36.0 Å². The first kappa shape index (κ1) is 21.1. The second kappa shape index (κ2) is 10.8. The third kappa shape index (κ3) is 6.47. The summed E-state index contributed by atoms with van der Waals surface area (Å²) in [6.07, 6.45) is 4.74. The standard InChI is InChI=1S/C21H31N3O3/c1-5-18(23-22-17(3)7-6-14-26-4)15-27-20-10-8-19(9-11-20)24-13-12-16(2)21(24)25/h5,8-11,16-17H,6-7,12-15H2,1-4H3/b18-5-,23-22?. The Bertz CT molecular complexity index is 655. The van der Waals surface area contributed by atoms with Crippen LogP contribution in [0.25, 0.3) is 0 Å². The zero-order valence-electron chi connectivity index (χ0n) is 16.9. The van der Waals surface area contributed by atoms with Gasteiger partial charge in [-0.05, 0) is 57.4 Å². The molecule has 27 heavy (non-hydrogen) atoms. The van der Waals surface area contributed by atoms with Gasteiger partial charge in [-0.1, -0.05) is 13.0 Å². The third-order valence-corrected chi connectivity index (χ3v) is 4.70. The fraction of sp³-hybridized carbons (Fsp3) is 0.571. The van der Waals surface area contributed by atoms with E-state index >= 15 is 0 Å². The first-order chi connectivity index (χ1) is 13.0. The van der Waals surface area contributed by atoms with Gasteiger partial charge in [0, 0.05) is 31.9 Å². The van der Waals surface area contributed by atoms with E-state index in [0.717, 1.165) is 49.5 Å². The maximum absolute atomic E-state index is 12.1. The van der Waals surface area contributed by atoms with E-state index in [1.807, 2.05) is 56.0 Å². The van der Waals surface area contributed by atoms with Crippen LogP contribution in [0.5, 0.6) is 5.75 Å². The lowest BCUT2D eigenvalue weighted by Crippen LogP contribution is -2.25. The molecule has 1 amide bonds. The molecule has 0 saturated carbocycles. The lowest BCUT2D eigenvalue weighted by molar-refractivity contribution is -0.119. The van der Waals surface area contributed by atoms with Gasteiger partial charge in [0.1, 0.15) is 12.4 Å². The topological polar surface area (TPSA) is 63.5 Å². The zero-order valence-corrected chi connectivity index (χ0v) is 16.9. The average molecular weight is 373 g/mol. The minimum atomic E-state index is 0.112. The summed E-state index contributed by atoms with van der Waals surface area (Å²) in [6, 6.07) is 7.81. The van der Waals surface area contributed by atoms with Crippen LogP contribution < -0.4 is 9.64 Å². The highest BCUT2D eigenvalue weighted by Gasteiger charge is 2.28. The van der Waals surface area contributed by atoms with Crippen LogP contribution in [0.4, 0.5) is 5.69 Å². The van der Waals surface area contributed by atoms with Crippen molar-refractivity contribution in [2.75, 3.05) is 31.8 Å². The van der Waals surface area contributed by atoms with Crippen LogP contribution in [0.15, 0.2) is 46.3 Å². The number of amides is 1. The van der Waals surface area contributed by atoms with E-state index < -0.39 is 0 Å². The normalized spacial score (nSPS) is 19.1. The summed E-state index contributed by atoms with van der Waals surface area (Å²) >= 11 is 0. The molecule has 2 unspecified atom stereocenters. The van der Waals surface area contributed by atoms with Gasteiger partial charge in [-0.25, -0.2) is 0 Å². The summed E-state index contributed by atoms with van der Waals surface area (Å²) in [5.74, 6) is 1.06. The summed E-state index contributed by atoms with van der Waals surface area (Å²) < 4.78 is 10.9. The SMILES string of the molecule is C/C=C(/COc1ccc(N2CCC(C)C2=O)cc1)N=NC(C)CCCOC. The van der Waals surface area contributed by atoms with Crippen LogP contribution >= 0.6 is 0 Å². The van der Waals surface area contributed by atoms with Gasteiger partial charge in [-0.15, -0.1) is 0 Å². The van der Waals surface area contributed by atoms with Crippen molar-refractivity contribution < 1.29 is 14.3 Å². The second-order valence-electron chi connectivity index (χ2n) is 6.94. The number of anilines is 1. The van der Waals surface area contributed by atoms with E-state index in [0.29, 0.717) is 6.61 Å². The summed E-state index contributed by atoms with van der Waals surface area (Å²) in [6.45, 7) is 7.85. The van der Waals surface area contributed by atoms with Crippen molar-refractivity contribution in [2.24, 2.45) is 16.1 Å².